The van der Waals surface area contributed by atoms with Crippen molar-refractivity contribution in [2.45, 2.75) is 25.9 Å². The third-order valence-corrected chi connectivity index (χ3v) is 5.14. The minimum atomic E-state index is -0.395. The van der Waals surface area contributed by atoms with E-state index in [-0.39, 0.29) is 5.69 Å². The Labute approximate surface area is 169 Å². The van der Waals surface area contributed by atoms with E-state index in [1.807, 2.05) is 19.4 Å². The molecular weight excluding hydrogens is 368 g/mol. The predicted octanol–water partition coefficient (Wildman–Crippen LogP) is 3.28. The van der Waals surface area contributed by atoms with Crippen molar-refractivity contribution < 1.29 is 4.92 Å². The van der Waals surface area contributed by atoms with Gasteiger partial charge in [-0.15, -0.1) is 0 Å². The maximum Gasteiger partial charge on any atom is 0.269 e. The molecule has 2 aromatic heterocycles. The van der Waals surface area contributed by atoms with Gasteiger partial charge in [0.05, 0.1) is 10.6 Å². The number of rotatable bonds is 7. The zero-order valence-electron chi connectivity index (χ0n) is 16.4. The number of aromatic nitrogens is 3. The van der Waals surface area contributed by atoms with Crippen molar-refractivity contribution in [2.24, 2.45) is 7.05 Å². The minimum absolute atomic E-state index is 0.0780. The van der Waals surface area contributed by atoms with Crippen molar-refractivity contribution in [2.75, 3.05) is 18.0 Å². The van der Waals surface area contributed by atoms with Crippen LogP contribution in [-0.2, 0) is 20.1 Å². The quantitative estimate of drug-likeness (QED) is 0.490. The van der Waals surface area contributed by atoms with Crippen LogP contribution in [0.3, 0.4) is 0 Å². The maximum absolute atomic E-state index is 10.9. The molecule has 0 unspecified atom stereocenters. The highest BCUT2D eigenvalue weighted by atomic mass is 16.6. The number of hydrogen-bond acceptors (Lipinski definition) is 6. The van der Waals surface area contributed by atoms with Crippen LogP contribution in [0.4, 0.5) is 11.5 Å². The van der Waals surface area contributed by atoms with Gasteiger partial charge in [0.25, 0.3) is 5.69 Å². The van der Waals surface area contributed by atoms with Gasteiger partial charge in [0.15, 0.2) is 0 Å². The van der Waals surface area contributed by atoms with E-state index in [1.165, 1.54) is 25.0 Å². The molecule has 1 aliphatic heterocycles. The SMILES string of the molecule is Cn1cc(CNCc2ccc(N3CCCC3)nc2)c(-c2ccc([N+](=O)[O-])cc2)n1. The number of aryl methyl sites for hydroxylation is 1. The van der Waals surface area contributed by atoms with Crippen molar-refractivity contribution in [1.82, 2.24) is 20.1 Å². The summed E-state index contributed by atoms with van der Waals surface area (Å²) in [7, 11) is 1.87. The van der Waals surface area contributed by atoms with Gasteiger partial charge in [0.1, 0.15) is 5.82 Å². The first-order valence-electron chi connectivity index (χ1n) is 9.78. The van der Waals surface area contributed by atoms with Gasteiger partial charge in [-0.2, -0.15) is 5.10 Å². The summed E-state index contributed by atoms with van der Waals surface area (Å²) in [5.74, 6) is 1.05. The molecule has 0 spiro atoms. The fourth-order valence-electron chi connectivity index (χ4n) is 3.65. The second-order valence-electron chi connectivity index (χ2n) is 7.30. The van der Waals surface area contributed by atoms with Crippen LogP contribution in [0, 0.1) is 10.1 Å². The number of nitrogens with zero attached hydrogens (tertiary/aromatic N) is 5. The first-order valence-corrected chi connectivity index (χ1v) is 9.78. The third-order valence-electron chi connectivity index (χ3n) is 5.14. The molecule has 3 aromatic rings. The summed E-state index contributed by atoms with van der Waals surface area (Å²) < 4.78 is 1.76. The monoisotopic (exact) mass is 392 g/mol. The van der Waals surface area contributed by atoms with Crippen LogP contribution >= 0.6 is 0 Å². The summed E-state index contributed by atoms with van der Waals surface area (Å²) in [6.45, 7) is 3.55. The second kappa shape index (κ2) is 8.40. The average Bonchev–Trinajstić information content (AvgIpc) is 3.39. The molecule has 29 heavy (non-hydrogen) atoms. The molecule has 150 valence electrons. The predicted molar refractivity (Wildman–Crippen MR) is 112 cm³/mol. The normalized spacial score (nSPS) is 13.8. The van der Waals surface area contributed by atoms with Crippen LogP contribution in [0.1, 0.15) is 24.0 Å². The first kappa shape index (κ1) is 19.1. The summed E-state index contributed by atoms with van der Waals surface area (Å²) in [6.07, 6.45) is 6.39. The van der Waals surface area contributed by atoms with Crippen molar-refractivity contribution in [3.8, 4) is 11.3 Å². The minimum Gasteiger partial charge on any atom is -0.357 e. The molecule has 0 bridgehead atoms. The molecule has 3 heterocycles. The molecule has 0 aliphatic carbocycles. The molecule has 8 nitrogen and oxygen atoms in total. The zero-order valence-corrected chi connectivity index (χ0v) is 16.4. The fourth-order valence-corrected chi connectivity index (χ4v) is 3.65. The van der Waals surface area contributed by atoms with Gasteiger partial charge in [-0.3, -0.25) is 14.8 Å². The second-order valence-corrected chi connectivity index (χ2v) is 7.30. The van der Waals surface area contributed by atoms with E-state index < -0.39 is 4.92 Å². The van der Waals surface area contributed by atoms with Crippen molar-refractivity contribution in [3.05, 3.63) is 70.0 Å². The molecule has 1 aliphatic rings. The number of nitrogens with one attached hydrogen (secondary N) is 1. The molecular formula is C21H24N6O2. The van der Waals surface area contributed by atoms with Crippen LogP contribution < -0.4 is 10.2 Å². The number of hydrogen-bond donors (Lipinski definition) is 1. The Morgan fingerprint density at radius 3 is 2.52 bits per heavy atom. The van der Waals surface area contributed by atoms with E-state index in [4.69, 9.17) is 0 Å². The fraction of sp³-hybridized carbons (Fsp3) is 0.333. The molecule has 1 N–H and O–H groups in total. The van der Waals surface area contributed by atoms with Gasteiger partial charge in [-0.25, -0.2) is 4.98 Å². The number of anilines is 1. The van der Waals surface area contributed by atoms with E-state index >= 15 is 0 Å². The first-order chi connectivity index (χ1) is 14.1. The van der Waals surface area contributed by atoms with Crippen LogP contribution in [0.5, 0.6) is 0 Å². The number of benzene rings is 1. The van der Waals surface area contributed by atoms with E-state index in [2.05, 4.69) is 32.4 Å². The van der Waals surface area contributed by atoms with Crippen molar-refractivity contribution >= 4 is 11.5 Å². The molecule has 1 aromatic carbocycles. The summed E-state index contributed by atoms with van der Waals surface area (Å²) >= 11 is 0. The summed E-state index contributed by atoms with van der Waals surface area (Å²) in [4.78, 5) is 17.4. The summed E-state index contributed by atoms with van der Waals surface area (Å²) in [6, 6.07) is 10.7. The lowest BCUT2D eigenvalue weighted by atomic mass is 10.1. The van der Waals surface area contributed by atoms with E-state index in [9.17, 15) is 10.1 Å². The van der Waals surface area contributed by atoms with Crippen LogP contribution in [-0.4, -0.2) is 32.8 Å². The molecule has 8 heteroatoms. The highest BCUT2D eigenvalue weighted by Gasteiger charge is 2.14. The molecule has 0 amide bonds. The van der Waals surface area contributed by atoms with E-state index in [0.29, 0.717) is 13.1 Å². The van der Waals surface area contributed by atoms with Crippen LogP contribution in [0.2, 0.25) is 0 Å². The summed E-state index contributed by atoms with van der Waals surface area (Å²) in [5, 5.41) is 18.8. The molecule has 4 rings (SSSR count). The Hall–Kier alpha value is -3.26. The molecule has 0 atom stereocenters. The number of nitro groups is 1. The Morgan fingerprint density at radius 2 is 1.86 bits per heavy atom. The highest BCUT2D eigenvalue weighted by molar-refractivity contribution is 5.64. The maximum atomic E-state index is 10.9. The Bertz CT molecular complexity index is 975. The van der Waals surface area contributed by atoms with E-state index in [0.717, 1.165) is 41.3 Å². The lowest BCUT2D eigenvalue weighted by Gasteiger charge is -2.16. The van der Waals surface area contributed by atoms with Crippen molar-refractivity contribution in [1.29, 1.82) is 0 Å². The van der Waals surface area contributed by atoms with Gasteiger partial charge in [-0.1, -0.05) is 6.07 Å². The number of pyridine rings is 1. The Morgan fingerprint density at radius 1 is 1.10 bits per heavy atom. The summed E-state index contributed by atoms with van der Waals surface area (Å²) in [5.41, 5.74) is 3.95. The standard InChI is InChI=1S/C21H24N6O2/c1-25-15-18(21(24-25)17-5-7-19(8-6-17)27(28)29)14-22-12-16-4-9-20(23-13-16)26-10-2-3-11-26/h4-9,13,15,22H,2-3,10-12,14H2,1H3. The smallest absolute Gasteiger partial charge is 0.269 e. The molecule has 0 radical (unpaired) electrons. The molecule has 1 fully saturated rings. The Kier molecular flexibility index (Phi) is 5.53. The molecule has 1 saturated heterocycles. The topological polar surface area (TPSA) is 89.1 Å². The average molecular weight is 392 g/mol. The van der Waals surface area contributed by atoms with Crippen LogP contribution in [0.25, 0.3) is 11.3 Å². The largest absolute Gasteiger partial charge is 0.357 e. The lowest BCUT2D eigenvalue weighted by Crippen LogP contribution is -2.19. The van der Waals surface area contributed by atoms with E-state index in [1.54, 1.807) is 16.8 Å². The molecule has 0 saturated carbocycles. The number of non-ortho nitro benzene ring substituents is 1. The van der Waals surface area contributed by atoms with Gasteiger partial charge in [-0.05, 0) is 36.6 Å². The van der Waals surface area contributed by atoms with Gasteiger partial charge in [0, 0.05) is 68.9 Å². The van der Waals surface area contributed by atoms with Gasteiger partial charge >= 0.3 is 0 Å². The van der Waals surface area contributed by atoms with Gasteiger partial charge < -0.3 is 10.2 Å². The van der Waals surface area contributed by atoms with Crippen molar-refractivity contribution in [3.63, 3.8) is 0 Å². The number of nitro benzene ring substituents is 1. The third kappa shape index (κ3) is 4.43. The van der Waals surface area contributed by atoms with Gasteiger partial charge in [0.2, 0.25) is 0 Å². The Balaban J connectivity index is 1.39. The lowest BCUT2D eigenvalue weighted by molar-refractivity contribution is -0.384. The van der Waals surface area contributed by atoms with Crippen LogP contribution in [0.15, 0.2) is 48.8 Å². The highest BCUT2D eigenvalue weighted by Crippen LogP contribution is 2.24. The zero-order chi connectivity index (χ0) is 20.2.